The van der Waals surface area contributed by atoms with Crippen LogP contribution in [0.5, 0.6) is 0 Å². The van der Waals surface area contributed by atoms with E-state index in [0.29, 0.717) is 19.5 Å². The largest absolute Gasteiger partial charge is 0.465 e. The number of rotatable bonds is 4. The first-order valence-corrected chi connectivity index (χ1v) is 8.56. The van der Waals surface area contributed by atoms with Gasteiger partial charge in [0, 0.05) is 13.1 Å². The maximum Gasteiger partial charge on any atom is 0.405 e. The van der Waals surface area contributed by atoms with Gasteiger partial charge in [-0.3, -0.25) is 4.79 Å². The summed E-state index contributed by atoms with van der Waals surface area (Å²) in [5.41, 5.74) is 3.34. The molecule has 5 heteroatoms. The highest BCUT2D eigenvalue weighted by Gasteiger charge is 2.28. The smallest absolute Gasteiger partial charge is 0.405 e. The summed E-state index contributed by atoms with van der Waals surface area (Å²) in [6, 6.07) is 17.7. The Hall–Kier alpha value is -2.82. The standard InChI is InChI=1S/C20H22N2O3/c23-19-18(21-20(24)25)8-4-5-13-22(19)14-15-9-11-17(12-10-15)16-6-2-1-3-7-16/h1-3,6-7,9-12,18,21H,4-5,8,13-14H2,(H,24,25)/t18-/m0/s1. The molecular weight excluding hydrogens is 316 g/mol. The second-order valence-electron chi connectivity index (χ2n) is 6.32. The number of carbonyl (C=O) groups excluding carboxylic acids is 1. The normalized spacial score (nSPS) is 17.8. The molecule has 2 N–H and O–H groups in total. The van der Waals surface area contributed by atoms with Crippen molar-refractivity contribution < 1.29 is 14.7 Å². The maximum atomic E-state index is 12.6. The monoisotopic (exact) mass is 338 g/mol. The first-order chi connectivity index (χ1) is 12.1. The van der Waals surface area contributed by atoms with E-state index >= 15 is 0 Å². The summed E-state index contributed by atoms with van der Waals surface area (Å²) >= 11 is 0. The average molecular weight is 338 g/mol. The van der Waals surface area contributed by atoms with Crippen molar-refractivity contribution in [2.45, 2.75) is 31.8 Å². The van der Waals surface area contributed by atoms with E-state index in [1.807, 2.05) is 30.3 Å². The van der Waals surface area contributed by atoms with Crippen LogP contribution < -0.4 is 5.32 Å². The number of carbonyl (C=O) groups is 2. The van der Waals surface area contributed by atoms with Crippen molar-refractivity contribution in [2.24, 2.45) is 0 Å². The Bertz CT molecular complexity index is 728. The number of benzene rings is 2. The van der Waals surface area contributed by atoms with E-state index in [2.05, 4.69) is 29.6 Å². The fraction of sp³-hybridized carbons (Fsp3) is 0.300. The number of carboxylic acid groups (broad SMARTS) is 1. The number of hydrogen-bond acceptors (Lipinski definition) is 2. The van der Waals surface area contributed by atoms with Crippen LogP contribution in [0.25, 0.3) is 11.1 Å². The zero-order chi connectivity index (χ0) is 17.6. The van der Waals surface area contributed by atoms with Crippen LogP contribution in [0, 0.1) is 0 Å². The fourth-order valence-corrected chi connectivity index (χ4v) is 3.20. The molecule has 130 valence electrons. The number of nitrogens with zero attached hydrogens (tertiary/aromatic N) is 1. The highest BCUT2D eigenvalue weighted by atomic mass is 16.4. The molecular formula is C20H22N2O3. The first-order valence-electron chi connectivity index (χ1n) is 8.56. The Morgan fingerprint density at radius 2 is 1.72 bits per heavy atom. The molecule has 0 spiro atoms. The van der Waals surface area contributed by atoms with E-state index in [4.69, 9.17) is 5.11 Å². The third kappa shape index (κ3) is 4.38. The van der Waals surface area contributed by atoms with Gasteiger partial charge in [-0.1, -0.05) is 54.6 Å². The van der Waals surface area contributed by atoms with Gasteiger partial charge in [-0.15, -0.1) is 0 Å². The molecule has 0 saturated carbocycles. The summed E-state index contributed by atoms with van der Waals surface area (Å²) in [7, 11) is 0. The SMILES string of the molecule is O=C(O)N[C@H]1CCCCN(Cc2ccc(-c3ccccc3)cc2)C1=O. The summed E-state index contributed by atoms with van der Waals surface area (Å²) in [6.07, 6.45) is 1.16. The summed E-state index contributed by atoms with van der Waals surface area (Å²) in [5.74, 6) is -0.132. The Labute approximate surface area is 147 Å². The molecule has 2 aromatic carbocycles. The molecule has 1 aliphatic rings. The number of hydrogen-bond donors (Lipinski definition) is 2. The van der Waals surface area contributed by atoms with Crippen LogP contribution in [0.15, 0.2) is 54.6 Å². The summed E-state index contributed by atoms with van der Waals surface area (Å²) in [4.78, 5) is 25.2. The van der Waals surface area contributed by atoms with Gasteiger partial charge in [-0.2, -0.15) is 0 Å². The van der Waals surface area contributed by atoms with Crippen LogP contribution in [0.3, 0.4) is 0 Å². The molecule has 25 heavy (non-hydrogen) atoms. The number of amides is 2. The summed E-state index contributed by atoms with van der Waals surface area (Å²) in [5, 5.41) is 11.3. The maximum absolute atomic E-state index is 12.6. The molecule has 0 unspecified atom stereocenters. The third-order valence-electron chi connectivity index (χ3n) is 4.51. The van der Waals surface area contributed by atoms with Gasteiger partial charge in [-0.05, 0) is 36.0 Å². The zero-order valence-electron chi connectivity index (χ0n) is 14.0. The van der Waals surface area contributed by atoms with Crippen molar-refractivity contribution in [3.8, 4) is 11.1 Å². The highest BCUT2D eigenvalue weighted by molar-refractivity contribution is 5.85. The zero-order valence-corrected chi connectivity index (χ0v) is 14.0. The lowest BCUT2D eigenvalue weighted by molar-refractivity contribution is -0.133. The summed E-state index contributed by atoms with van der Waals surface area (Å²) < 4.78 is 0. The predicted octanol–water partition coefficient (Wildman–Crippen LogP) is 3.50. The Morgan fingerprint density at radius 3 is 2.40 bits per heavy atom. The molecule has 1 saturated heterocycles. The minimum absolute atomic E-state index is 0.132. The van der Waals surface area contributed by atoms with E-state index < -0.39 is 12.1 Å². The molecule has 0 aliphatic carbocycles. The van der Waals surface area contributed by atoms with Gasteiger partial charge in [0.1, 0.15) is 6.04 Å². The van der Waals surface area contributed by atoms with Crippen LogP contribution in [-0.2, 0) is 11.3 Å². The van der Waals surface area contributed by atoms with E-state index in [1.165, 1.54) is 0 Å². The second-order valence-corrected chi connectivity index (χ2v) is 6.32. The Balaban J connectivity index is 1.70. The van der Waals surface area contributed by atoms with Crippen molar-refractivity contribution in [3.05, 3.63) is 60.2 Å². The molecule has 0 aromatic heterocycles. The minimum atomic E-state index is -1.15. The molecule has 0 radical (unpaired) electrons. The van der Waals surface area contributed by atoms with Crippen molar-refractivity contribution in [1.82, 2.24) is 10.2 Å². The van der Waals surface area contributed by atoms with Gasteiger partial charge >= 0.3 is 6.09 Å². The van der Waals surface area contributed by atoms with Crippen molar-refractivity contribution in [1.29, 1.82) is 0 Å². The Kier molecular flexibility index (Phi) is 5.33. The molecule has 1 fully saturated rings. The van der Waals surface area contributed by atoms with Gasteiger partial charge in [0.2, 0.25) is 5.91 Å². The molecule has 1 heterocycles. The topological polar surface area (TPSA) is 69.6 Å². The highest BCUT2D eigenvalue weighted by Crippen LogP contribution is 2.21. The first kappa shape index (κ1) is 17.0. The van der Waals surface area contributed by atoms with E-state index in [9.17, 15) is 9.59 Å². The van der Waals surface area contributed by atoms with Crippen LogP contribution in [-0.4, -0.2) is 34.6 Å². The number of likely N-dealkylation sites (tertiary alicyclic amines) is 1. The fourth-order valence-electron chi connectivity index (χ4n) is 3.20. The molecule has 3 rings (SSSR count). The van der Waals surface area contributed by atoms with Gasteiger partial charge in [0.05, 0.1) is 0 Å². The average Bonchev–Trinajstić information content (AvgIpc) is 2.79. The third-order valence-corrected chi connectivity index (χ3v) is 4.51. The van der Waals surface area contributed by atoms with E-state index in [-0.39, 0.29) is 5.91 Å². The number of nitrogens with one attached hydrogen (secondary N) is 1. The van der Waals surface area contributed by atoms with E-state index in [0.717, 1.165) is 29.5 Å². The van der Waals surface area contributed by atoms with Crippen molar-refractivity contribution in [3.63, 3.8) is 0 Å². The van der Waals surface area contributed by atoms with Crippen LogP contribution in [0.2, 0.25) is 0 Å². The molecule has 2 amide bonds. The van der Waals surface area contributed by atoms with Gasteiger partial charge in [-0.25, -0.2) is 4.79 Å². The van der Waals surface area contributed by atoms with Crippen LogP contribution >= 0.6 is 0 Å². The molecule has 5 nitrogen and oxygen atoms in total. The van der Waals surface area contributed by atoms with Gasteiger partial charge in [0.25, 0.3) is 0 Å². The molecule has 1 aliphatic heterocycles. The van der Waals surface area contributed by atoms with Gasteiger partial charge < -0.3 is 15.3 Å². The molecule has 0 bridgehead atoms. The van der Waals surface area contributed by atoms with Crippen molar-refractivity contribution >= 4 is 12.0 Å². The van der Waals surface area contributed by atoms with Crippen molar-refractivity contribution in [2.75, 3.05) is 6.54 Å². The van der Waals surface area contributed by atoms with Crippen LogP contribution in [0.1, 0.15) is 24.8 Å². The molecule has 1 atom stereocenters. The van der Waals surface area contributed by atoms with Gasteiger partial charge in [0.15, 0.2) is 0 Å². The Morgan fingerprint density at radius 1 is 1.04 bits per heavy atom. The molecule has 2 aromatic rings. The minimum Gasteiger partial charge on any atom is -0.465 e. The quantitative estimate of drug-likeness (QED) is 0.896. The summed E-state index contributed by atoms with van der Waals surface area (Å²) in [6.45, 7) is 1.17. The van der Waals surface area contributed by atoms with E-state index in [1.54, 1.807) is 4.90 Å². The lowest BCUT2D eigenvalue weighted by Crippen LogP contribution is -2.46. The lowest BCUT2D eigenvalue weighted by atomic mass is 10.0. The lowest BCUT2D eigenvalue weighted by Gasteiger charge is -2.24. The predicted molar refractivity (Wildman–Crippen MR) is 96.1 cm³/mol. The second kappa shape index (κ2) is 7.83. The van der Waals surface area contributed by atoms with Crippen LogP contribution in [0.4, 0.5) is 4.79 Å².